The summed E-state index contributed by atoms with van der Waals surface area (Å²) in [5.74, 6) is 2.43. The zero-order chi connectivity index (χ0) is 20.8. The van der Waals surface area contributed by atoms with Crippen LogP contribution < -0.4 is 4.57 Å². The fourth-order valence-electron chi connectivity index (χ4n) is 3.94. The van der Waals surface area contributed by atoms with Gasteiger partial charge in [0.1, 0.15) is 18.3 Å². The molecule has 170 valence electrons. The van der Waals surface area contributed by atoms with Crippen molar-refractivity contribution in [2.75, 3.05) is 5.75 Å². The SMILES string of the molecule is CCCCCCCCCCCCCCSC[n+]1ccn(CCCCCCCC)c1. The Kier molecular flexibility index (Phi) is 19.1. The van der Waals surface area contributed by atoms with Gasteiger partial charge in [0.2, 0.25) is 6.33 Å². The Balaban J connectivity index is 1.84. The number of nitrogens with zero attached hydrogens (tertiary/aromatic N) is 2. The van der Waals surface area contributed by atoms with Gasteiger partial charge in [-0.3, -0.25) is 0 Å². The van der Waals surface area contributed by atoms with E-state index in [1.165, 1.54) is 128 Å². The smallest absolute Gasteiger partial charge is 0.237 e. The first-order valence-electron chi connectivity index (χ1n) is 13.0. The summed E-state index contributed by atoms with van der Waals surface area (Å²) in [7, 11) is 0. The highest BCUT2D eigenvalue weighted by Crippen LogP contribution is 2.13. The molecule has 0 spiro atoms. The van der Waals surface area contributed by atoms with Gasteiger partial charge in [0.05, 0.1) is 6.54 Å². The van der Waals surface area contributed by atoms with E-state index in [1.807, 2.05) is 0 Å². The third kappa shape index (κ3) is 17.0. The van der Waals surface area contributed by atoms with Crippen LogP contribution in [0, 0.1) is 0 Å². The molecule has 0 saturated heterocycles. The molecule has 1 aromatic rings. The van der Waals surface area contributed by atoms with E-state index in [0.29, 0.717) is 0 Å². The molecule has 0 radical (unpaired) electrons. The Morgan fingerprint density at radius 3 is 1.66 bits per heavy atom. The highest BCUT2D eigenvalue weighted by molar-refractivity contribution is 7.98. The van der Waals surface area contributed by atoms with Crippen LogP contribution in [0.3, 0.4) is 0 Å². The van der Waals surface area contributed by atoms with Gasteiger partial charge >= 0.3 is 0 Å². The highest BCUT2D eigenvalue weighted by Gasteiger charge is 2.03. The van der Waals surface area contributed by atoms with E-state index in [0.717, 1.165) is 5.88 Å². The van der Waals surface area contributed by atoms with E-state index in [4.69, 9.17) is 0 Å². The average molecular weight is 424 g/mol. The molecule has 0 atom stereocenters. The number of hydrogen-bond acceptors (Lipinski definition) is 1. The summed E-state index contributed by atoms with van der Waals surface area (Å²) in [6.45, 7) is 5.77. The molecule has 29 heavy (non-hydrogen) atoms. The van der Waals surface area contributed by atoms with Crippen molar-refractivity contribution in [1.82, 2.24) is 4.57 Å². The van der Waals surface area contributed by atoms with E-state index in [1.54, 1.807) is 0 Å². The van der Waals surface area contributed by atoms with Gasteiger partial charge in [0, 0.05) is 0 Å². The Bertz CT molecular complexity index is 444. The van der Waals surface area contributed by atoms with Gasteiger partial charge in [-0.1, -0.05) is 110 Å². The van der Waals surface area contributed by atoms with Crippen LogP contribution in [0.25, 0.3) is 0 Å². The summed E-state index contributed by atoms with van der Waals surface area (Å²) in [4.78, 5) is 0. The number of aryl methyl sites for hydroxylation is 1. The molecule has 0 aliphatic rings. The van der Waals surface area contributed by atoms with Crippen molar-refractivity contribution in [3.8, 4) is 0 Å². The topological polar surface area (TPSA) is 8.81 Å². The van der Waals surface area contributed by atoms with Gasteiger partial charge in [-0.25, -0.2) is 9.13 Å². The lowest BCUT2D eigenvalue weighted by Crippen LogP contribution is -2.29. The van der Waals surface area contributed by atoms with E-state index >= 15 is 0 Å². The summed E-state index contributed by atoms with van der Waals surface area (Å²) in [6, 6.07) is 0. The second kappa shape index (κ2) is 20.8. The van der Waals surface area contributed by atoms with E-state index < -0.39 is 0 Å². The second-order valence-electron chi connectivity index (χ2n) is 8.86. The first-order chi connectivity index (χ1) is 14.4. The van der Waals surface area contributed by atoms with Gasteiger partial charge in [0.25, 0.3) is 0 Å². The normalized spacial score (nSPS) is 11.4. The average Bonchev–Trinajstić information content (AvgIpc) is 3.18. The van der Waals surface area contributed by atoms with Crippen molar-refractivity contribution in [3.05, 3.63) is 18.7 Å². The lowest BCUT2D eigenvalue weighted by Gasteiger charge is -2.03. The second-order valence-corrected chi connectivity index (χ2v) is 9.93. The molecule has 3 heteroatoms. The predicted octanol–water partition coefficient (Wildman–Crippen LogP) is 8.53. The van der Waals surface area contributed by atoms with Crippen molar-refractivity contribution in [2.45, 2.75) is 142 Å². The number of imidazole rings is 1. The van der Waals surface area contributed by atoms with Crippen molar-refractivity contribution in [3.63, 3.8) is 0 Å². The molecule has 0 aromatic carbocycles. The molecule has 0 unspecified atom stereocenters. The largest absolute Gasteiger partial charge is 0.244 e. The molecule has 1 heterocycles. The van der Waals surface area contributed by atoms with Crippen molar-refractivity contribution in [2.24, 2.45) is 0 Å². The molecule has 0 N–H and O–H groups in total. The number of hydrogen-bond donors (Lipinski definition) is 0. The predicted molar refractivity (Wildman–Crippen MR) is 132 cm³/mol. The van der Waals surface area contributed by atoms with Crippen molar-refractivity contribution < 1.29 is 4.57 Å². The maximum Gasteiger partial charge on any atom is 0.244 e. The van der Waals surface area contributed by atoms with E-state index in [9.17, 15) is 0 Å². The number of thioether (sulfide) groups is 1. The van der Waals surface area contributed by atoms with Crippen LogP contribution in [-0.4, -0.2) is 10.3 Å². The van der Waals surface area contributed by atoms with E-state index in [2.05, 4.69) is 53.5 Å². The zero-order valence-corrected chi connectivity index (χ0v) is 20.7. The van der Waals surface area contributed by atoms with Crippen molar-refractivity contribution in [1.29, 1.82) is 0 Å². The summed E-state index contributed by atoms with van der Waals surface area (Å²) >= 11 is 2.09. The standard InChI is InChI=1S/C26H51N2S/c1-3-5-7-9-11-12-13-14-15-16-18-20-24-29-26-28-23-22-27(25-28)21-19-17-10-8-6-4-2/h22-23,25H,3-21,24,26H2,1-2H3/q+1. The van der Waals surface area contributed by atoms with Crippen LogP contribution in [0.5, 0.6) is 0 Å². The Labute approximate surface area is 187 Å². The molecule has 0 saturated carbocycles. The Morgan fingerprint density at radius 2 is 1.10 bits per heavy atom. The van der Waals surface area contributed by atoms with Gasteiger partial charge in [-0.15, -0.1) is 11.8 Å². The molecule has 1 rings (SSSR count). The molecule has 1 aromatic heterocycles. The Hall–Kier alpha value is -0.440. The van der Waals surface area contributed by atoms with Gasteiger partial charge in [-0.2, -0.15) is 0 Å². The highest BCUT2D eigenvalue weighted by atomic mass is 32.2. The maximum atomic E-state index is 2.37. The number of unbranched alkanes of at least 4 members (excludes halogenated alkanes) is 16. The molecule has 2 nitrogen and oxygen atoms in total. The summed E-state index contributed by atoms with van der Waals surface area (Å²) in [6.07, 6.45) is 32.3. The minimum Gasteiger partial charge on any atom is -0.237 e. The maximum absolute atomic E-state index is 2.37. The third-order valence-corrected chi connectivity index (χ3v) is 6.96. The van der Waals surface area contributed by atoms with Gasteiger partial charge in [0.15, 0.2) is 0 Å². The minimum atomic E-state index is 1.11. The molecule has 0 aliphatic carbocycles. The summed E-state index contributed by atoms with van der Waals surface area (Å²) in [5, 5.41) is 0. The third-order valence-electron chi connectivity index (χ3n) is 5.90. The first-order valence-corrected chi connectivity index (χ1v) is 14.1. The van der Waals surface area contributed by atoms with Crippen molar-refractivity contribution >= 4 is 11.8 Å². The summed E-state index contributed by atoms with van der Waals surface area (Å²) < 4.78 is 4.71. The van der Waals surface area contributed by atoms with E-state index in [-0.39, 0.29) is 0 Å². The zero-order valence-electron chi connectivity index (χ0n) is 19.9. The van der Waals surface area contributed by atoms with Crippen LogP contribution in [0.4, 0.5) is 0 Å². The molecular weight excluding hydrogens is 372 g/mol. The fraction of sp³-hybridized carbons (Fsp3) is 0.885. The van der Waals surface area contributed by atoms with Crippen LogP contribution in [0.1, 0.15) is 129 Å². The molecule has 0 bridgehead atoms. The molecule has 0 aliphatic heterocycles. The van der Waals surface area contributed by atoms with Crippen LogP contribution in [0.15, 0.2) is 18.7 Å². The lowest BCUT2D eigenvalue weighted by molar-refractivity contribution is -0.675. The van der Waals surface area contributed by atoms with Crippen LogP contribution in [-0.2, 0) is 12.4 Å². The fourth-order valence-corrected chi connectivity index (χ4v) is 4.84. The molecule has 0 fully saturated rings. The molecular formula is C26H51N2S+. The monoisotopic (exact) mass is 423 g/mol. The minimum absolute atomic E-state index is 1.11. The van der Waals surface area contributed by atoms with Crippen LogP contribution >= 0.6 is 11.8 Å². The lowest BCUT2D eigenvalue weighted by atomic mass is 10.1. The Morgan fingerprint density at radius 1 is 0.621 bits per heavy atom. The summed E-state index contributed by atoms with van der Waals surface area (Å²) in [5.41, 5.74) is 0. The van der Waals surface area contributed by atoms with Gasteiger partial charge in [-0.05, 0) is 25.0 Å². The van der Waals surface area contributed by atoms with Gasteiger partial charge < -0.3 is 0 Å². The number of aromatic nitrogens is 2. The number of rotatable bonds is 22. The molecule has 0 amide bonds. The van der Waals surface area contributed by atoms with Crippen LogP contribution in [0.2, 0.25) is 0 Å². The first kappa shape index (κ1) is 26.6. The quantitative estimate of drug-likeness (QED) is 0.134.